The van der Waals surface area contributed by atoms with E-state index >= 15 is 0 Å². The van der Waals surface area contributed by atoms with Gasteiger partial charge in [-0.2, -0.15) is 0 Å². The molecule has 4 nitrogen and oxygen atoms in total. The second-order valence-corrected chi connectivity index (χ2v) is 6.08. The third-order valence-electron chi connectivity index (χ3n) is 3.64. The molecule has 0 N–H and O–H groups in total. The zero-order valence-electron chi connectivity index (χ0n) is 10.8. The van der Waals surface area contributed by atoms with E-state index in [4.69, 9.17) is 11.3 Å². The lowest BCUT2D eigenvalue weighted by atomic mass is 9.98. The van der Waals surface area contributed by atoms with Crippen molar-refractivity contribution < 1.29 is 9.53 Å². The number of hydrogen-bond donors (Lipinski definition) is 0. The number of carbonyl (C=O) groups excluding carboxylic acids is 1. The van der Waals surface area contributed by atoms with Crippen LogP contribution < -0.4 is 0 Å². The fourth-order valence-electron chi connectivity index (χ4n) is 2.87. The first-order valence-electron chi connectivity index (χ1n) is 6.25. The monoisotopic (exact) mass is 236 g/mol. The van der Waals surface area contributed by atoms with Crippen molar-refractivity contribution in [3.05, 3.63) is 11.4 Å². The van der Waals surface area contributed by atoms with Gasteiger partial charge in [0.25, 0.3) is 0 Å². The molecular formula is C13H20N2O2. The van der Waals surface area contributed by atoms with Crippen molar-refractivity contribution in [2.24, 2.45) is 11.8 Å². The summed E-state index contributed by atoms with van der Waals surface area (Å²) in [4.78, 5) is 17.4. The molecule has 0 aromatic heterocycles. The van der Waals surface area contributed by atoms with Gasteiger partial charge in [-0.05, 0) is 33.1 Å². The fraction of sp³-hybridized carbons (Fsp3) is 0.846. The Bertz CT molecular complexity index is 353. The molecule has 2 rings (SSSR count). The van der Waals surface area contributed by atoms with Gasteiger partial charge in [0, 0.05) is 19.5 Å². The zero-order chi connectivity index (χ0) is 12.6. The molecule has 1 saturated heterocycles. The second-order valence-electron chi connectivity index (χ2n) is 6.08. The maximum absolute atomic E-state index is 11.9. The van der Waals surface area contributed by atoms with Gasteiger partial charge < -0.3 is 14.5 Å². The van der Waals surface area contributed by atoms with Gasteiger partial charge in [0.15, 0.2) is 0 Å². The molecule has 2 aliphatic rings. The van der Waals surface area contributed by atoms with Gasteiger partial charge in [-0.1, -0.05) is 0 Å². The summed E-state index contributed by atoms with van der Waals surface area (Å²) < 4.78 is 5.37. The van der Waals surface area contributed by atoms with Gasteiger partial charge >= 0.3 is 6.09 Å². The molecule has 1 amide bonds. The van der Waals surface area contributed by atoms with E-state index in [2.05, 4.69) is 4.85 Å². The molecular weight excluding hydrogens is 216 g/mol. The molecule has 0 radical (unpaired) electrons. The molecule has 17 heavy (non-hydrogen) atoms. The molecule has 0 spiro atoms. The summed E-state index contributed by atoms with van der Waals surface area (Å²) in [6.07, 6.45) is 1.86. The van der Waals surface area contributed by atoms with Crippen molar-refractivity contribution in [3.8, 4) is 0 Å². The Morgan fingerprint density at radius 2 is 2.06 bits per heavy atom. The van der Waals surface area contributed by atoms with Crippen LogP contribution >= 0.6 is 0 Å². The summed E-state index contributed by atoms with van der Waals surface area (Å²) in [6.45, 7) is 14.3. The van der Waals surface area contributed by atoms with Gasteiger partial charge in [-0.15, -0.1) is 0 Å². The molecule has 3 atom stereocenters. The fourth-order valence-corrected chi connectivity index (χ4v) is 2.87. The molecule has 2 fully saturated rings. The molecule has 94 valence electrons. The summed E-state index contributed by atoms with van der Waals surface area (Å²) >= 11 is 0. The largest absolute Gasteiger partial charge is 0.444 e. The molecule has 3 unspecified atom stereocenters. The number of ether oxygens (including phenoxy) is 1. The van der Waals surface area contributed by atoms with Crippen LogP contribution in [0.15, 0.2) is 0 Å². The first-order chi connectivity index (χ1) is 7.90. The number of fused-ring (bicyclic) bond motifs is 1. The van der Waals surface area contributed by atoms with E-state index in [0.29, 0.717) is 18.4 Å². The van der Waals surface area contributed by atoms with Gasteiger partial charge in [0.05, 0.1) is 5.92 Å². The van der Waals surface area contributed by atoms with Crippen LogP contribution in [0.1, 0.15) is 33.6 Å². The highest BCUT2D eigenvalue weighted by atomic mass is 16.6. The molecule has 0 aromatic carbocycles. The molecule has 1 aliphatic heterocycles. The van der Waals surface area contributed by atoms with Crippen LogP contribution in [0.3, 0.4) is 0 Å². The van der Waals surface area contributed by atoms with E-state index in [1.54, 1.807) is 4.90 Å². The summed E-state index contributed by atoms with van der Waals surface area (Å²) in [7, 11) is 0. The molecule has 0 bridgehead atoms. The number of carbonyl (C=O) groups is 1. The number of hydrogen-bond acceptors (Lipinski definition) is 2. The maximum Gasteiger partial charge on any atom is 0.410 e. The summed E-state index contributed by atoms with van der Waals surface area (Å²) in [5.74, 6) is 0.890. The molecule has 1 aliphatic carbocycles. The Morgan fingerprint density at radius 1 is 1.35 bits per heavy atom. The summed E-state index contributed by atoms with van der Waals surface area (Å²) in [6, 6.07) is 0.118. The third kappa shape index (κ3) is 2.54. The van der Waals surface area contributed by atoms with E-state index in [1.165, 1.54) is 0 Å². The number of amides is 1. The van der Waals surface area contributed by atoms with Crippen LogP contribution in [0.25, 0.3) is 4.85 Å². The van der Waals surface area contributed by atoms with Crippen LogP contribution in [-0.4, -0.2) is 35.7 Å². The van der Waals surface area contributed by atoms with E-state index in [0.717, 1.165) is 19.4 Å². The Kier molecular flexibility index (Phi) is 3.03. The lowest BCUT2D eigenvalue weighted by molar-refractivity contribution is 0.0280. The van der Waals surface area contributed by atoms with Crippen molar-refractivity contribution in [1.29, 1.82) is 0 Å². The summed E-state index contributed by atoms with van der Waals surface area (Å²) in [5.41, 5.74) is -0.437. The van der Waals surface area contributed by atoms with Gasteiger partial charge in [0.2, 0.25) is 6.04 Å². The zero-order valence-corrected chi connectivity index (χ0v) is 10.8. The highest BCUT2D eigenvalue weighted by Crippen LogP contribution is 2.40. The Morgan fingerprint density at radius 3 is 2.65 bits per heavy atom. The van der Waals surface area contributed by atoms with Crippen LogP contribution in [0.2, 0.25) is 0 Å². The lowest BCUT2D eigenvalue weighted by Gasteiger charge is -2.24. The Labute approximate surface area is 103 Å². The molecule has 1 heterocycles. The van der Waals surface area contributed by atoms with Crippen molar-refractivity contribution in [3.63, 3.8) is 0 Å². The average Bonchev–Trinajstić information content (AvgIpc) is 2.72. The van der Waals surface area contributed by atoms with E-state index in [-0.39, 0.29) is 12.1 Å². The standard InChI is InChI=1S/C13H20N2O2/c1-13(2,3)17-12(16)15-7-9-5-6-11(14-4)10(9)8-15/h9-11H,5-8H2,1-3H3. The van der Waals surface area contributed by atoms with Gasteiger partial charge in [-0.25, -0.2) is 11.4 Å². The SMILES string of the molecule is [C-]#[N+]C1CCC2CN(C(=O)OC(C)(C)C)CC21. The predicted octanol–water partition coefficient (Wildman–Crippen LogP) is 2.55. The van der Waals surface area contributed by atoms with Crippen molar-refractivity contribution in [2.75, 3.05) is 13.1 Å². The predicted molar refractivity (Wildman–Crippen MR) is 64.4 cm³/mol. The van der Waals surface area contributed by atoms with E-state index in [1.807, 2.05) is 20.8 Å². The second kappa shape index (κ2) is 4.21. The van der Waals surface area contributed by atoms with Gasteiger partial charge in [-0.3, -0.25) is 0 Å². The number of nitrogens with zero attached hydrogens (tertiary/aromatic N) is 2. The highest BCUT2D eigenvalue weighted by Gasteiger charge is 2.48. The van der Waals surface area contributed by atoms with Crippen molar-refractivity contribution in [2.45, 2.75) is 45.3 Å². The van der Waals surface area contributed by atoms with Crippen LogP contribution in [-0.2, 0) is 4.74 Å². The first kappa shape index (κ1) is 12.2. The van der Waals surface area contributed by atoms with E-state index in [9.17, 15) is 4.79 Å². The average molecular weight is 236 g/mol. The van der Waals surface area contributed by atoms with Crippen molar-refractivity contribution in [1.82, 2.24) is 4.90 Å². The Hall–Kier alpha value is -1.24. The highest BCUT2D eigenvalue weighted by molar-refractivity contribution is 5.68. The minimum atomic E-state index is -0.437. The van der Waals surface area contributed by atoms with Crippen LogP contribution in [0.4, 0.5) is 4.79 Å². The van der Waals surface area contributed by atoms with Gasteiger partial charge in [0.1, 0.15) is 5.60 Å². The smallest absolute Gasteiger partial charge is 0.410 e. The van der Waals surface area contributed by atoms with Crippen molar-refractivity contribution >= 4 is 6.09 Å². The third-order valence-corrected chi connectivity index (χ3v) is 3.64. The summed E-state index contributed by atoms with van der Waals surface area (Å²) in [5, 5.41) is 0. The topological polar surface area (TPSA) is 33.9 Å². The minimum Gasteiger partial charge on any atom is -0.444 e. The number of likely N-dealkylation sites (tertiary alicyclic amines) is 1. The normalized spacial score (nSPS) is 32.1. The van der Waals surface area contributed by atoms with Crippen LogP contribution in [0, 0.1) is 18.4 Å². The minimum absolute atomic E-state index is 0.118. The molecule has 1 saturated carbocycles. The van der Waals surface area contributed by atoms with E-state index < -0.39 is 5.60 Å². The first-order valence-corrected chi connectivity index (χ1v) is 6.25. The lowest BCUT2D eigenvalue weighted by Crippen LogP contribution is -2.36. The molecule has 4 heteroatoms. The quantitative estimate of drug-likeness (QED) is 0.606. The molecule has 0 aromatic rings. The maximum atomic E-state index is 11.9. The van der Waals surface area contributed by atoms with Crippen LogP contribution in [0.5, 0.6) is 0 Å². The number of rotatable bonds is 0. The Balaban J connectivity index is 1.95.